The molecule has 0 radical (unpaired) electrons. The number of aliphatic hydroxyl groups is 2. The summed E-state index contributed by atoms with van der Waals surface area (Å²) in [6.45, 7) is 10.4. The van der Waals surface area contributed by atoms with Crippen molar-refractivity contribution in [1.29, 1.82) is 0 Å². The number of aliphatic hydroxyl groups excluding tert-OH is 1. The Hall–Kier alpha value is -1.39. The number of esters is 1. The Morgan fingerprint density at radius 3 is 2.43 bits per heavy atom. The molecule has 0 aliphatic rings. The van der Waals surface area contributed by atoms with Crippen LogP contribution < -0.4 is 0 Å². The van der Waals surface area contributed by atoms with Crippen molar-refractivity contribution < 1.29 is 19.7 Å². The van der Waals surface area contributed by atoms with Gasteiger partial charge in [0.1, 0.15) is 6.10 Å². The minimum absolute atomic E-state index is 0.0528. The van der Waals surface area contributed by atoms with Gasteiger partial charge in [-0.2, -0.15) is 0 Å². The van der Waals surface area contributed by atoms with Crippen molar-refractivity contribution in [2.75, 3.05) is 6.61 Å². The van der Waals surface area contributed by atoms with Gasteiger partial charge in [-0.25, -0.2) is 0 Å². The van der Waals surface area contributed by atoms with Crippen molar-refractivity contribution in [3.8, 4) is 0 Å². The molecule has 2 N–H and O–H groups in total. The minimum atomic E-state index is -0.862. The SMILES string of the molecule is C=C[C@](C)(O)CC/C=C(\C)C[C@@H](/C=C(/C)CO)OC(C)=O. The summed E-state index contributed by atoms with van der Waals surface area (Å²) in [5.41, 5.74) is 0.978. The van der Waals surface area contributed by atoms with Gasteiger partial charge in [-0.3, -0.25) is 4.79 Å². The summed E-state index contributed by atoms with van der Waals surface area (Å²) in [6, 6.07) is 0. The second-order valence-corrected chi connectivity index (χ2v) is 5.67. The molecule has 0 bridgehead atoms. The molecule has 0 spiro atoms. The fraction of sp³-hybridized carbons (Fsp3) is 0.588. The Morgan fingerprint density at radius 1 is 1.33 bits per heavy atom. The van der Waals surface area contributed by atoms with Gasteiger partial charge in [0.05, 0.1) is 12.2 Å². The standard InChI is InChI=1S/C17H28O4/c1-6-17(5,20)9-7-8-13(2)10-16(21-15(4)19)11-14(3)12-18/h6,8,11,16,18,20H,1,7,9-10,12H2,2-5H3/b13-8+,14-11-/t16-,17-/m0/s1. The molecule has 0 aromatic rings. The minimum Gasteiger partial charge on any atom is -0.458 e. The van der Waals surface area contributed by atoms with Crippen LogP contribution >= 0.6 is 0 Å². The molecule has 120 valence electrons. The Labute approximate surface area is 127 Å². The zero-order valence-electron chi connectivity index (χ0n) is 13.6. The largest absolute Gasteiger partial charge is 0.458 e. The lowest BCUT2D eigenvalue weighted by Crippen LogP contribution is -2.19. The van der Waals surface area contributed by atoms with Gasteiger partial charge in [0, 0.05) is 13.3 Å². The van der Waals surface area contributed by atoms with Crippen LogP contribution in [0.1, 0.15) is 47.0 Å². The van der Waals surface area contributed by atoms with E-state index in [0.717, 1.165) is 17.6 Å². The number of carbonyl (C=O) groups excluding carboxylic acids is 1. The van der Waals surface area contributed by atoms with Gasteiger partial charge in [-0.15, -0.1) is 6.58 Å². The third-order valence-electron chi connectivity index (χ3n) is 3.14. The van der Waals surface area contributed by atoms with Crippen LogP contribution in [0.2, 0.25) is 0 Å². The topological polar surface area (TPSA) is 66.8 Å². The summed E-state index contributed by atoms with van der Waals surface area (Å²) >= 11 is 0. The van der Waals surface area contributed by atoms with E-state index in [1.807, 2.05) is 13.0 Å². The highest BCUT2D eigenvalue weighted by Crippen LogP contribution is 2.17. The molecule has 0 fully saturated rings. The van der Waals surface area contributed by atoms with E-state index in [4.69, 9.17) is 9.84 Å². The molecule has 0 aromatic carbocycles. The van der Waals surface area contributed by atoms with Crippen LogP contribution in [0.4, 0.5) is 0 Å². The van der Waals surface area contributed by atoms with Crippen LogP contribution in [0.15, 0.2) is 36.0 Å². The molecule has 0 aromatic heterocycles. The smallest absolute Gasteiger partial charge is 0.303 e. The number of hydrogen-bond acceptors (Lipinski definition) is 4. The average Bonchev–Trinajstić information content (AvgIpc) is 2.37. The Kier molecular flexibility index (Phi) is 8.90. The average molecular weight is 296 g/mol. The molecule has 0 amide bonds. The van der Waals surface area contributed by atoms with Gasteiger partial charge >= 0.3 is 5.97 Å². The van der Waals surface area contributed by atoms with Crippen molar-refractivity contribution in [3.63, 3.8) is 0 Å². The highest BCUT2D eigenvalue weighted by Gasteiger charge is 2.14. The molecule has 0 unspecified atom stereocenters. The molecule has 4 nitrogen and oxygen atoms in total. The maximum atomic E-state index is 11.1. The number of rotatable bonds is 9. The third kappa shape index (κ3) is 10.0. The molecule has 0 heterocycles. The molecule has 0 rings (SSSR count). The van der Waals surface area contributed by atoms with Crippen molar-refractivity contribution in [2.45, 2.75) is 58.7 Å². The second kappa shape index (κ2) is 9.53. The number of carbonyl (C=O) groups is 1. The lowest BCUT2D eigenvalue weighted by Gasteiger charge is -2.18. The Bertz CT molecular complexity index is 405. The number of ether oxygens (including phenoxy) is 1. The molecule has 0 saturated carbocycles. The van der Waals surface area contributed by atoms with E-state index in [9.17, 15) is 9.90 Å². The van der Waals surface area contributed by atoms with E-state index >= 15 is 0 Å². The molecular weight excluding hydrogens is 268 g/mol. The maximum Gasteiger partial charge on any atom is 0.303 e. The van der Waals surface area contributed by atoms with Crippen LogP contribution in [-0.4, -0.2) is 34.5 Å². The van der Waals surface area contributed by atoms with Gasteiger partial charge < -0.3 is 14.9 Å². The van der Waals surface area contributed by atoms with Gasteiger partial charge in [-0.1, -0.05) is 17.7 Å². The monoisotopic (exact) mass is 296 g/mol. The zero-order chi connectivity index (χ0) is 16.5. The number of hydrogen-bond donors (Lipinski definition) is 2. The first-order chi connectivity index (χ1) is 9.70. The first-order valence-electron chi connectivity index (χ1n) is 7.17. The molecule has 4 heteroatoms. The third-order valence-corrected chi connectivity index (χ3v) is 3.14. The van der Waals surface area contributed by atoms with E-state index < -0.39 is 5.60 Å². The summed E-state index contributed by atoms with van der Waals surface area (Å²) in [5.74, 6) is -0.343. The van der Waals surface area contributed by atoms with Gasteiger partial charge in [0.15, 0.2) is 0 Å². The van der Waals surface area contributed by atoms with Crippen molar-refractivity contribution in [1.82, 2.24) is 0 Å². The fourth-order valence-corrected chi connectivity index (χ4v) is 1.83. The van der Waals surface area contributed by atoms with Crippen LogP contribution in [0.3, 0.4) is 0 Å². The van der Waals surface area contributed by atoms with Crippen molar-refractivity contribution in [3.05, 3.63) is 36.0 Å². The van der Waals surface area contributed by atoms with Crippen LogP contribution in [0, 0.1) is 0 Å². The highest BCUT2D eigenvalue weighted by atomic mass is 16.5. The fourth-order valence-electron chi connectivity index (χ4n) is 1.83. The normalized spacial score (nSPS) is 17.0. The van der Waals surface area contributed by atoms with Crippen molar-refractivity contribution >= 4 is 5.97 Å². The van der Waals surface area contributed by atoms with Crippen molar-refractivity contribution in [2.24, 2.45) is 0 Å². The quantitative estimate of drug-likeness (QED) is 0.507. The summed E-state index contributed by atoms with van der Waals surface area (Å²) in [5, 5.41) is 18.9. The number of allylic oxidation sites excluding steroid dienone is 1. The van der Waals surface area contributed by atoms with E-state index in [1.54, 1.807) is 19.9 Å². The lowest BCUT2D eigenvalue weighted by atomic mass is 9.98. The van der Waals surface area contributed by atoms with Gasteiger partial charge in [-0.05, 0) is 45.3 Å². The van der Waals surface area contributed by atoms with Gasteiger partial charge in [0.2, 0.25) is 0 Å². The molecule has 0 saturated heterocycles. The lowest BCUT2D eigenvalue weighted by molar-refractivity contribution is -0.144. The second-order valence-electron chi connectivity index (χ2n) is 5.67. The predicted molar refractivity (Wildman–Crippen MR) is 84.8 cm³/mol. The summed E-state index contributed by atoms with van der Waals surface area (Å²) in [7, 11) is 0. The maximum absolute atomic E-state index is 11.1. The van der Waals surface area contributed by atoms with Crippen LogP contribution in [0.25, 0.3) is 0 Å². The Morgan fingerprint density at radius 2 is 1.95 bits per heavy atom. The van der Waals surface area contributed by atoms with E-state index in [1.165, 1.54) is 13.0 Å². The predicted octanol–water partition coefficient (Wildman–Crippen LogP) is 2.91. The molecule has 0 aliphatic heterocycles. The Balaban J connectivity index is 4.61. The van der Waals surface area contributed by atoms with E-state index in [-0.39, 0.29) is 18.7 Å². The summed E-state index contributed by atoms with van der Waals surface area (Å²) in [4.78, 5) is 11.1. The first-order valence-corrected chi connectivity index (χ1v) is 7.17. The highest BCUT2D eigenvalue weighted by molar-refractivity contribution is 5.66. The van der Waals surface area contributed by atoms with Gasteiger partial charge in [0.25, 0.3) is 0 Å². The van der Waals surface area contributed by atoms with E-state index in [2.05, 4.69) is 6.58 Å². The molecule has 0 aliphatic carbocycles. The summed E-state index contributed by atoms with van der Waals surface area (Å²) in [6.07, 6.45) is 6.84. The summed E-state index contributed by atoms with van der Waals surface area (Å²) < 4.78 is 5.23. The van der Waals surface area contributed by atoms with Crippen LogP contribution in [-0.2, 0) is 9.53 Å². The molecule has 21 heavy (non-hydrogen) atoms. The van der Waals surface area contributed by atoms with E-state index in [0.29, 0.717) is 12.8 Å². The van der Waals surface area contributed by atoms with Crippen LogP contribution in [0.5, 0.6) is 0 Å². The zero-order valence-corrected chi connectivity index (χ0v) is 13.6. The molecular formula is C17H28O4. The molecule has 2 atom stereocenters. The first kappa shape index (κ1) is 19.6.